The second-order valence-electron chi connectivity index (χ2n) is 5.44. The van der Waals surface area contributed by atoms with E-state index in [0.29, 0.717) is 6.61 Å². The highest BCUT2D eigenvalue weighted by Gasteiger charge is 2.16. The van der Waals surface area contributed by atoms with E-state index in [9.17, 15) is 0 Å². The monoisotopic (exact) mass is 231 g/mol. The van der Waals surface area contributed by atoms with E-state index in [1.165, 1.54) is 0 Å². The molecule has 0 aromatic heterocycles. The van der Waals surface area contributed by atoms with E-state index in [-0.39, 0.29) is 17.7 Å². The highest BCUT2D eigenvalue weighted by molar-refractivity contribution is 4.74. The molecule has 0 fully saturated rings. The average molecular weight is 231 g/mol. The van der Waals surface area contributed by atoms with Gasteiger partial charge in [-0.25, -0.2) is 0 Å². The van der Waals surface area contributed by atoms with Gasteiger partial charge in [-0.3, -0.25) is 0 Å². The fraction of sp³-hybridized carbons (Fsp3) is 1.00. The minimum absolute atomic E-state index is 0.153. The van der Waals surface area contributed by atoms with Gasteiger partial charge >= 0.3 is 0 Å². The summed E-state index contributed by atoms with van der Waals surface area (Å²) in [7, 11) is 1.71. The van der Waals surface area contributed by atoms with Crippen molar-refractivity contribution in [3.8, 4) is 0 Å². The van der Waals surface area contributed by atoms with E-state index in [1.54, 1.807) is 7.11 Å². The van der Waals surface area contributed by atoms with E-state index in [4.69, 9.17) is 9.47 Å². The maximum atomic E-state index is 5.94. The van der Waals surface area contributed by atoms with Gasteiger partial charge in [-0.05, 0) is 34.1 Å². The molecule has 0 saturated heterocycles. The van der Waals surface area contributed by atoms with E-state index >= 15 is 0 Å². The van der Waals surface area contributed by atoms with Gasteiger partial charge in [0, 0.05) is 19.2 Å². The Labute approximate surface area is 101 Å². The highest BCUT2D eigenvalue weighted by atomic mass is 16.5. The van der Waals surface area contributed by atoms with Crippen molar-refractivity contribution in [2.45, 2.75) is 65.2 Å². The topological polar surface area (TPSA) is 30.5 Å². The molecular formula is C13H29NO2. The van der Waals surface area contributed by atoms with Crippen molar-refractivity contribution in [3.05, 3.63) is 0 Å². The van der Waals surface area contributed by atoms with Crippen LogP contribution in [0.1, 0.15) is 47.5 Å². The van der Waals surface area contributed by atoms with Gasteiger partial charge < -0.3 is 14.8 Å². The van der Waals surface area contributed by atoms with Gasteiger partial charge in [0.1, 0.15) is 0 Å². The van der Waals surface area contributed by atoms with Gasteiger partial charge in [0.25, 0.3) is 0 Å². The molecule has 0 rings (SSSR count). The summed E-state index contributed by atoms with van der Waals surface area (Å²) in [5.41, 5.74) is 0.153. The first-order chi connectivity index (χ1) is 7.39. The zero-order valence-electron chi connectivity index (χ0n) is 11.8. The van der Waals surface area contributed by atoms with Crippen LogP contribution in [0.4, 0.5) is 0 Å². The van der Waals surface area contributed by atoms with Crippen LogP contribution < -0.4 is 5.32 Å². The Balaban J connectivity index is 3.96. The highest BCUT2D eigenvalue weighted by Crippen LogP contribution is 2.08. The van der Waals surface area contributed by atoms with Crippen molar-refractivity contribution in [1.29, 1.82) is 0 Å². The summed E-state index contributed by atoms with van der Waals surface area (Å²) in [5, 5.41) is 3.49. The summed E-state index contributed by atoms with van der Waals surface area (Å²) in [6.07, 6.45) is 2.70. The lowest BCUT2D eigenvalue weighted by Crippen LogP contribution is -2.42. The Kier molecular flexibility index (Phi) is 7.98. The number of ether oxygens (including phenoxy) is 2. The first-order valence-corrected chi connectivity index (χ1v) is 6.28. The van der Waals surface area contributed by atoms with Crippen LogP contribution in [0.25, 0.3) is 0 Å². The third-order valence-electron chi connectivity index (χ3n) is 2.30. The summed E-state index contributed by atoms with van der Waals surface area (Å²) in [6.45, 7) is 12.3. The molecule has 3 heteroatoms. The third kappa shape index (κ3) is 9.13. The van der Waals surface area contributed by atoms with Crippen molar-refractivity contribution in [3.63, 3.8) is 0 Å². The summed E-state index contributed by atoms with van der Waals surface area (Å²) >= 11 is 0. The van der Waals surface area contributed by atoms with Gasteiger partial charge in [0.2, 0.25) is 0 Å². The Morgan fingerprint density at radius 2 is 1.88 bits per heavy atom. The molecule has 0 saturated carbocycles. The van der Waals surface area contributed by atoms with Gasteiger partial charge in [-0.1, -0.05) is 13.3 Å². The number of nitrogens with one attached hydrogen (secondary N) is 1. The molecule has 0 aromatic rings. The molecule has 0 bridgehead atoms. The van der Waals surface area contributed by atoms with Crippen molar-refractivity contribution in [1.82, 2.24) is 5.32 Å². The summed E-state index contributed by atoms with van der Waals surface area (Å²) < 4.78 is 11.0. The zero-order chi connectivity index (χ0) is 12.6. The quantitative estimate of drug-likeness (QED) is 0.696. The smallest absolute Gasteiger partial charge is 0.0784 e. The van der Waals surface area contributed by atoms with Crippen molar-refractivity contribution in [2.24, 2.45) is 0 Å². The molecule has 1 N–H and O–H groups in total. The first kappa shape index (κ1) is 15.9. The average Bonchev–Trinajstić information content (AvgIpc) is 2.14. The second kappa shape index (κ2) is 8.04. The first-order valence-electron chi connectivity index (χ1n) is 6.28. The van der Waals surface area contributed by atoms with Crippen molar-refractivity contribution in [2.75, 3.05) is 20.3 Å². The van der Waals surface area contributed by atoms with Crippen LogP contribution in [0.3, 0.4) is 0 Å². The standard InChI is InChI=1S/C13H29NO2/c1-7-8-12(9-14-13(3,4)5)16-11(2)10-15-6/h11-12,14H,7-10H2,1-6H3. The van der Waals surface area contributed by atoms with Gasteiger partial charge in [0.05, 0.1) is 18.8 Å². The maximum Gasteiger partial charge on any atom is 0.0784 e. The number of rotatable bonds is 8. The van der Waals surface area contributed by atoms with E-state index < -0.39 is 0 Å². The lowest BCUT2D eigenvalue weighted by atomic mass is 10.1. The predicted octanol–water partition coefficient (Wildman–Crippen LogP) is 2.59. The SMILES string of the molecule is CCCC(CNC(C)(C)C)OC(C)COC. The van der Waals surface area contributed by atoms with Crippen LogP contribution in [0.2, 0.25) is 0 Å². The fourth-order valence-corrected chi connectivity index (χ4v) is 1.56. The molecule has 98 valence electrons. The molecule has 0 amide bonds. The predicted molar refractivity (Wildman–Crippen MR) is 68.9 cm³/mol. The lowest BCUT2D eigenvalue weighted by Gasteiger charge is -2.27. The van der Waals surface area contributed by atoms with Gasteiger partial charge in [-0.2, -0.15) is 0 Å². The normalized spacial score (nSPS) is 16.1. The Morgan fingerprint density at radius 1 is 1.25 bits per heavy atom. The molecule has 0 aliphatic rings. The largest absolute Gasteiger partial charge is 0.382 e. The maximum absolute atomic E-state index is 5.94. The van der Waals surface area contributed by atoms with Crippen LogP contribution >= 0.6 is 0 Å². The molecule has 16 heavy (non-hydrogen) atoms. The molecule has 0 aliphatic heterocycles. The minimum Gasteiger partial charge on any atom is -0.382 e. The van der Waals surface area contributed by atoms with Gasteiger partial charge in [-0.15, -0.1) is 0 Å². The van der Waals surface area contributed by atoms with Crippen molar-refractivity contribution >= 4 is 0 Å². The Morgan fingerprint density at radius 3 is 2.31 bits per heavy atom. The third-order valence-corrected chi connectivity index (χ3v) is 2.30. The number of hydrogen-bond donors (Lipinski definition) is 1. The second-order valence-corrected chi connectivity index (χ2v) is 5.44. The molecule has 0 aromatic carbocycles. The molecular weight excluding hydrogens is 202 g/mol. The summed E-state index contributed by atoms with van der Waals surface area (Å²) in [6, 6.07) is 0. The Hall–Kier alpha value is -0.120. The van der Waals surface area contributed by atoms with Crippen LogP contribution in [0, 0.1) is 0 Å². The molecule has 0 heterocycles. The Bertz CT molecular complexity index is 166. The van der Waals surface area contributed by atoms with Gasteiger partial charge in [0.15, 0.2) is 0 Å². The van der Waals surface area contributed by atoms with Crippen LogP contribution in [-0.4, -0.2) is 38.0 Å². The molecule has 0 aliphatic carbocycles. The fourth-order valence-electron chi connectivity index (χ4n) is 1.56. The zero-order valence-corrected chi connectivity index (χ0v) is 11.8. The lowest BCUT2D eigenvalue weighted by molar-refractivity contribution is -0.0427. The van der Waals surface area contributed by atoms with E-state index in [1.807, 2.05) is 0 Å². The van der Waals surface area contributed by atoms with Crippen molar-refractivity contribution < 1.29 is 9.47 Å². The number of hydrogen-bond acceptors (Lipinski definition) is 3. The van der Waals surface area contributed by atoms with Crippen LogP contribution in [-0.2, 0) is 9.47 Å². The molecule has 3 nitrogen and oxygen atoms in total. The minimum atomic E-state index is 0.153. The van der Waals surface area contributed by atoms with E-state index in [2.05, 4.69) is 39.9 Å². The van der Waals surface area contributed by atoms with Crippen LogP contribution in [0.15, 0.2) is 0 Å². The van der Waals surface area contributed by atoms with Crippen LogP contribution in [0.5, 0.6) is 0 Å². The molecule has 0 radical (unpaired) electrons. The molecule has 2 unspecified atom stereocenters. The summed E-state index contributed by atoms with van der Waals surface area (Å²) in [5.74, 6) is 0. The summed E-state index contributed by atoms with van der Waals surface area (Å²) in [4.78, 5) is 0. The molecule has 0 spiro atoms. The number of methoxy groups -OCH3 is 1. The molecule has 2 atom stereocenters. The van der Waals surface area contributed by atoms with E-state index in [0.717, 1.165) is 19.4 Å².